The number of carbonyl (C=O) groups excluding carboxylic acids is 2. The van der Waals surface area contributed by atoms with Crippen LogP contribution in [0.3, 0.4) is 0 Å². The first-order valence-electron chi connectivity index (χ1n) is 12.6. The Balaban J connectivity index is 1.69. The molecular formula is C25H38Cl2N4O3S2. The number of hydrogen-bond donors (Lipinski definition) is 4. The number of carbonyl (C=O) groups is 2. The zero-order valence-electron chi connectivity index (χ0n) is 20.8. The zero-order chi connectivity index (χ0) is 26.1. The van der Waals surface area contributed by atoms with Gasteiger partial charge in [0.1, 0.15) is 6.73 Å². The lowest BCUT2D eigenvalue weighted by atomic mass is 9.75. The van der Waals surface area contributed by atoms with Gasteiger partial charge in [0.2, 0.25) is 11.8 Å². The second-order valence-electron chi connectivity index (χ2n) is 9.48. The molecule has 1 unspecified atom stereocenters. The summed E-state index contributed by atoms with van der Waals surface area (Å²) in [4.78, 5) is 30.2. The van der Waals surface area contributed by atoms with Gasteiger partial charge in [-0.2, -0.15) is 25.3 Å². The summed E-state index contributed by atoms with van der Waals surface area (Å²) in [6, 6.07) is 6.29. The van der Waals surface area contributed by atoms with Crippen LogP contribution in [0, 0.1) is 5.92 Å². The minimum Gasteiger partial charge on any atom is -0.364 e. The molecule has 1 aromatic rings. The Kier molecular flexibility index (Phi) is 12.5. The van der Waals surface area contributed by atoms with Crippen LogP contribution in [0.2, 0.25) is 10.0 Å². The Bertz CT molecular complexity index is 882. The van der Waals surface area contributed by atoms with Gasteiger partial charge >= 0.3 is 0 Å². The first kappa shape index (κ1) is 29.9. The third-order valence-electron chi connectivity index (χ3n) is 7.24. The number of halogens is 2. The van der Waals surface area contributed by atoms with E-state index >= 15 is 0 Å². The van der Waals surface area contributed by atoms with E-state index in [1.54, 1.807) is 7.11 Å². The van der Waals surface area contributed by atoms with Crippen molar-refractivity contribution < 1.29 is 14.3 Å². The Morgan fingerprint density at radius 1 is 1.14 bits per heavy atom. The minimum atomic E-state index is -0.198. The molecule has 7 nitrogen and oxygen atoms in total. The summed E-state index contributed by atoms with van der Waals surface area (Å²) in [5, 5.41) is 6.87. The van der Waals surface area contributed by atoms with E-state index in [-0.39, 0.29) is 36.4 Å². The van der Waals surface area contributed by atoms with E-state index in [9.17, 15) is 9.59 Å². The van der Waals surface area contributed by atoms with Gasteiger partial charge in [-0.15, -0.1) is 0 Å². The predicted octanol–water partition coefficient (Wildman–Crippen LogP) is 3.32. The summed E-state index contributed by atoms with van der Waals surface area (Å²) in [5.41, 5.74) is 1.06. The van der Waals surface area contributed by atoms with Crippen LogP contribution in [-0.4, -0.2) is 91.8 Å². The number of amides is 2. The molecule has 2 bridgehead atoms. The normalized spacial score (nSPS) is 23.7. The third-order valence-corrected chi connectivity index (χ3v) is 8.40. The third kappa shape index (κ3) is 7.91. The van der Waals surface area contributed by atoms with Gasteiger partial charge in [0.25, 0.3) is 0 Å². The number of fused-ring (bicyclic) bond motifs is 2. The molecule has 0 spiro atoms. The molecule has 2 amide bonds. The number of benzene rings is 1. The van der Waals surface area contributed by atoms with E-state index in [1.807, 2.05) is 18.2 Å². The highest BCUT2D eigenvalue weighted by Crippen LogP contribution is 2.47. The summed E-state index contributed by atoms with van der Waals surface area (Å²) >= 11 is 21.0. The fourth-order valence-electron chi connectivity index (χ4n) is 5.71. The predicted molar refractivity (Wildman–Crippen MR) is 153 cm³/mol. The van der Waals surface area contributed by atoms with Gasteiger partial charge in [-0.05, 0) is 62.4 Å². The highest BCUT2D eigenvalue weighted by atomic mass is 35.5. The van der Waals surface area contributed by atoms with E-state index in [4.69, 9.17) is 27.9 Å². The second kappa shape index (κ2) is 15.0. The van der Waals surface area contributed by atoms with Crippen LogP contribution >= 0.6 is 48.5 Å². The highest BCUT2D eigenvalue weighted by molar-refractivity contribution is 7.80. The molecule has 2 N–H and O–H groups in total. The molecule has 36 heavy (non-hydrogen) atoms. The SMILES string of the molecule is COCNC(=O)[C@@H]1[C@H]2CCC(C[C@H]1c1ccc(Cl)c(Cl)c1)N2CCCN(CCS)CC(=O)NCCS. The van der Waals surface area contributed by atoms with Crippen LogP contribution < -0.4 is 10.6 Å². The lowest BCUT2D eigenvalue weighted by Gasteiger charge is -2.44. The van der Waals surface area contributed by atoms with Gasteiger partial charge in [0.15, 0.2) is 0 Å². The van der Waals surface area contributed by atoms with Crippen LogP contribution in [0.1, 0.15) is 37.2 Å². The molecule has 2 saturated heterocycles. The summed E-state index contributed by atoms with van der Waals surface area (Å²) in [5.74, 6) is 1.22. The van der Waals surface area contributed by atoms with Crippen LogP contribution in [0.25, 0.3) is 0 Å². The molecule has 2 heterocycles. The zero-order valence-corrected chi connectivity index (χ0v) is 24.1. The van der Waals surface area contributed by atoms with Gasteiger partial charge in [-0.25, -0.2) is 0 Å². The molecule has 202 valence electrons. The lowest BCUT2D eigenvalue weighted by molar-refractivity contribution is -0.131. The van der Waals surface area contributed by atoms with Gasteiger partial charge in [0.05, 0.1) is 22.5 Å². The summed E-state index contributed by atoms with van der Waals surface area (Å²) in [6.45, 7) is 3.57. The first-order chi connectivity index (χ1) is 17.4. The second-order valence-corrected chi connectivity index (χ2v) is 11.2. The summed E-state index contributed by atoms with van der Waals surface area (Å²) in [7, 11) is 1.57. The number of piperidine rings is 1. The van der Waals surface area contributed by atoms with Gasteiger partial charge in [0, 0.05) is 43.8 Å². The molecule has 0 saturated carbocycles. The molecule has 2 aliphatic rings. The van der Waals surface area contributed by atoms with E-state index in [0.717, 1.165) is 50.9 Å². The average Bonchev–Trinajstić information content (AvgIpc) is 3.13. The number of methoxy groups -OCH3 is 1. The molecule has 2 fully saturated rings. The van der Waals surface area contributed by atoms with E-state index in [2.05, 4.69) is 45.7 Å². The van der Waals surface area contributed by atoms with Crippen LogP contribution in [-0.2, 0) is 14.3 Å². The Hall–Kier alpha value is -0.680. The van der Waals surface area contributed by atoms with Crippen LogP contribution in [0.4, 0.5) is 0 Å². The maximum Gasteiger partial charge on any atom is 0.234 e. The molecule has 0 aromatic heterocycles. The van der Waals surface area contributed by atoms with E-state index < -0.39 is 0 Å². The monoisotopic (exact) mass is 576 g/mol. The number of nitrogens with zero attached hydrogens (tertiary/aromatic N) is 2. The van der Waals surface area contributed by atoms with Crippen molar-refractivity contribution in [2.75, 3.05) is 58.1 Å². The maximum atomic E-state index is 13.4. The largest absolute Gasteiger partial charge is 0.364 e. The fourth-order valence-corrected chi connectivity index (χ4v) is 6.41. The van der Waals surface area contributed by atoms with Crippen molar-refractivity contribution in [2.45, 2.75) is 43.7 Å². The van der Waals surface area contributed by atoms with Crippen LogP contribution in [0.5, 0.6) is 0 Å². The first-order valence-corrected chi connectivity index (χ1v) is 14.6. The van der Waals surface area contributed by atoms with Crippen LogP contribution in [0.15, 0.2) is 18.2 Å². The van der Waals surface area contributed by atoms with Gasteiger partial charge in [-0.3, -0.25) is 19.4 Å². The highest BCUT2D eigenvalue weighted by Gasteiger charge is 2.50. The molecule has 0 radical (unpaired) electrons. The quantitative estimate of drug-likeness (QED) is 0.202. The van der Waals surface area contributed by atoms with Crippen molar-refractivity contribution in [3.05, 3.63) is 33.8 Å². The molecule has 11 heteroatoms. The molecule has 2 aliphatic heterocycles. The minimum absolute atomic E-state index is 0.0147. The lowest BCUT2D eigenvalue weighted by Crippen LogP contribution is -2.53. The summed E-state index contributed by atoms with van der Waals surface area (Å²) < 4.78 is 5.12. The number of rotatable bonds is 14. The van der Waals surface area contributed by atoms with Crippen molar-refractivity contribution in [1.29, 1.82) is 0 Å². The topological polar surface area (TPSA) is 73.9 Å². The standard InChI is InChI=1S/C25H38Cl2N4O3S2/c1-34-16-29-25(33)24-19(17-3-5-20(26)21(27)13-17)14-18-4-6-22(24)31(18)9-2-8-30(10-12-36)15-23(32)28-7-11-35/h3,5,13,18-19,22,24,35-36H,2,4,6-12,14-16H2,1H3,(H,28,32)(H,29,33)/t18?,19-,22+,24-/m0/s1. The maximum absolute atomic E-state index is 13.4. The average molecular weight is 578 g/mol. The van der Waals surface area contributed by atoms with Crippen molar-refractivity contribution in [2.24, 2.45) is 5.92 Å². The Labute approximate surface area is 235 Å². The molecule has 3 rings (SSSR count). The van der Waals surface area contributed by atoms with Crippen molar-refractivity contribution in [1.82, 2.24) is 20.4 Å². The van der Waals surface area contributed by atoms with E-state index in [0.29, 0.717) is 40.7 Å². The van der Waals surface area contributed by atoms with Gasteiger partial charge in [-0.1, -0.05) is 29.3 Å². The summed E-state index contributed by atoms with van der Waals surface area (Å²) in [6.07, 6.45) is 3.87. The number of nitrogens with one attached hydrogen (secondary N) is 2. The van der Waals surface area contributed by atoms with E-state index in [1.165, 1.54) is 0 Å². The fraction of sp³-hybridized carbons (Fsp3) is 0.680. The van der Waals surface area contributed by atoms with Crippen molar-refractivity contribution in [3.8, 4) is 0 Å². The molecular weight excluding hydrogens is 539 g/mol. The number of ether oxygens (including phenoxy) is 1. The Morgan fingerprint density at radius 2 is 1.94 bits per heavy atom. The van der Waals surface area contributed by atoms with Crippen molar-refractivity contribution in [3.63, 3.8) is 0 Å². The molecule has 4 atom stereocenters. The number of thiol groups is 2. The Morgan fingerprint density at radius 3 is 2.64 bits per heavy atom. The van der Waals surface area contributed by atoms with Crippen molar-refractivity contribution >= 4 is 60.3 Å². The molecule has 0 aliphatic carbocycles. The smallest absolute Gasteiger partial charge is 0.234 e. The molecule has 1 aromatic carbocycles. The van der Waals surface area contributed by atoms with Gasteiger partial charge < -0.3 is 15.4 Å². The number of hydrogen-bond acceptors (Lipinski definition) is 7.